The standard InChI is InChI=1S/C25H28FN3O2/c1-29(2)25(15-17-7-3-5-9-21(17)26)13-11-18(12-14-25)28-24(31)23(30)20-16-27-22-10-6-4-8-19(20)22/h3-10,16,18,27H,11-15H2,1-2H3,(H,28,31). The largest absolute Gasteiger partial charge is 0.360 e. The molecule has 0 spiro atoms. The van der Waals surface area contributed by atoms with Crippen molar-refractivity contribution in [3.05, 3.63) is 71.7 Å². The van der Waals surface area contributed by atoms with E-state index in [1.54, 1.807) is 12.3 Å². The van der Waals surface area contributed by atoms with Crippen molar-refractivity contribution >= 4 is 22.6 Å². The molecule has 0 atom stereocenters. The Kier molecular flexibility index (Phi) is 5.92. The molecule has 1 amide bonds. The predicted octanol–water partition coefficient (Wildman–Crippen LogP) is 4.09. The van der Waals surface area contributed by atoms with E-state index in [0.29, 0.717) is 17.5 Å². The first-order chi connectivity index (χ1) is 14.9. The molecule has 1 fully saturated rings. The van der Waals surface area contributed by atoms with Gasteiger partial charge in [-0.2, -0.15) is 0 Å². The highest BCUT2D eigenvalue weighted by Gasteiger charge is 2.38. The monoisotopic (exact) mass is 421 g/mol. The Bertz CT molecular complexity index is 1100. The first-order valence-corrected chi connectivity index (χ1v) is 10.7. The number of nitrogens with one attached hydrogen (secondary N) is 2. The van der Waals surface area contributed by atoms with Crippen molar-refractivity contribution in [3.8, 4) is 0 Å². The van der Waals surface area contributed by atoms with Crippen LogP contribution >= 0.6 is 0 Å². The van der Waals surface area contributed by atoms with Crippen LogP contribution in [0.4, 0.5) is 4.39 Å². The van der Waals surface area contributed by atoms with Crippen LogP contribution in [0, 0.1) is 5.82 Å². The van der Waals surface area contributed by atoms with E-state index in [4.69, 9.17) is 0 Å². The van der Waals surface area contributed by atoms with Crippen molar-refractivity contribution in [2.75, 3.05) is 14.1 Å². The number of aromatic nitrogens is 1. The summed E-state index contributed by atoms with van der Waals surface area (Å²) in [6.45, 7) is 0. The Morgan fingerprint density at radius 1 is 1.10 bits per heavy atom. The molecular weight excluding hydrogens is 393 g/mol. The lowest BCUT2D eigenvalue weighted by molar-refractivity contribution is -0.118. The number of benzene rings is 2. The number of nitrogens with zero attached hydrogens (tertiary/aromatic N) is 1. The lowest BCUT2D eigenvalue weighted by atomic mass is 9.74. The van der Waals surface area contributed by atoms with Crippen molar-refractivity contribution in [1.82, 2.24) is 15.2 Å². The van der Waals surface area contributed by atoms with E-state index >= 15 is 0 Å². The number of para-hydroxylation sites is 1. The fraction of sp³-hybridized carbons (Fsp3) is 0.360. The molecule has 1 aliphatic carbocycles. The van der Waals surface area contributed by atoms with Crippen LogP contribution < -0.4 is 5.32 Å². The Labute approximate surface area is 181 Å². The second-order valence-electron chi connectivity index (χ2n) is 8.71. The molecule has 31 heavy (non-hydrogen) atoms. The van der Waals surface area contributed by atoms with Gasteiger partial charge in [-0.3, -0.25) is 9.59 Å². The zero-order valence-electron chi connectivity index (χ0n) is 18.0. The molecule has 2 N–H and O–H groups in total. The molecule has 0 radical (unpaired) electrons. The van der Waals surface area contributed by atoms with Crippen molar-refractivity contribution in [2.45, 2.75) is 43.7 Å². The molecule has 162 valence electrons. The molecule has 1 aromatic heterocycles. The summed E-state index contributed by atoms with van der Waals surface area (Å²) in [5, 5.41) is 3.68. The highest BCUT2D eigenvalue weighted by molar-refractivity contribution is 6.45. The number of carbonyl (C=O) groups is 2. The van der Waals surface area contributed by atoms with Crippen LogP contribution in [0.2, 0.25) is 0 Å². The van der Waals surface area contributed by atoms with Crippen LogP contribution in [0.1, 0.15) is 41.6 Å². The van der Waals surface area contributed by atoms with Gasteiger partial charge in [-0.05, 0) is 63.9 Å². The summed E-state index contributed by atoms with van der Waals surface area (Å²) in [6, 6.07) is 14.3. The van der Waals surface area contributed by atoms with Gasteiger partial charge in [0.25, 0.3) is 11.7 Å². The second-order valence-corrected chi connectivity index (χ2v) is 8.71. The van der Waals surface area contributed by atoms with E-state index in [2.05, 4.69) is 15.2 Å². The Morgan fingerprint density at radius 3 is 2.48 bits per heavy atom. The van der Waals surface area contributed by atoms with Crippen molar-refractivity contribution in [1.29, 1.82) is 0 Å². The number of carbonyl (C=O) groups excluding carboxylic acids is 2. The van der Waals surface area contributed by atoms with Gasteiger partial charge >= 0.3 is 0 Å². The average Bonchev–Trinajstić information content (AvgIpc) is 3.20. The van der Waals surface area contributed by atoms with E-state index < -0.39 is 11.7 Å². The van der Waals surface area contributed by atoms with E-state index in [9.17, 15) is 14.0 Å². The summed E-state index contributed by atoms with van der Waals surface area (Å²) in [6.07, 6.45) is 5.36. The minimum absolute atomic E-state index is 0.0599. The minimum atomic E-state index is -0.568. The van der Waals surface area contributed by atoms with Gasteiger partial charge in [0.05, 0.1) is 5.56 Å². The fourth-order valence-electron chi connectivity index (χ4n) is 4.71. The lowest BCUT2D eigenvalue weighted by Crippen LogP contribution is -2.52. The van der Waals surface area contributed by atoms with Gasteiger partial charge in [0.15, 0.2) is 0 Å². The maximum atomic E-state index is 14.2. The summed E-state index contributed by atoms with van der Waals surface area (Å²) in [4.78, 5) is 30.6. The topological polar surface area (TPSA) is 65.2 Å². The SMILES string of the molecule is CN(C)C1(Cc2ccccc2F)CCC(NC(=O)C(=O)c2c[nH]c3ccccc23)CC1. The Morgan fingerprint density at radius 2 is 1.77 bits per heavy atom. The number of Topliss-reactive ketones (excluding diaryl/α,β-unsaturated/α-hetero) is 1. The minimum Gasteiger partial charge on any atom is -0.360 e. The number of hydrogen-bond acceptors (Lipinski definition) is 3. The van der Waals surface area contributed by atoms with Crippen LogP contribution in [0.5, 0.6) is 0 Å². The van der Waals surface area contributed by atoms with Crippen LogP contribution in [-0.2, 0) is 11.2 Å². The van der Waals surface area contributed by atoms with Crippen LogP contribution in [-0.4, -0.2) is 47.3 Å². The normalized spacial score (nSPS) is 21.4. The third kappa shape index (κ3) is 4.26. The van der Waals surface area contributed by atoms with Gasteiger partial charge in [-0.15, -0.1) is 0 Å². The zero-order valence-corrected chi connectivity index (χ0v) is 18.0. The number of halogens is 1. The summed E-state index contributed by atoms with van der Waals surface area (Å²) in [7, 11) is 4.06. The molecule has 1 saturated carbocycles. The molecule has 1 aliphatic rings. The molecule has 4 rings (SSSR count). The maximum absolute atomic E-state index is 14.2. The molecule has 6 heteroatoms. The molecule has 3 aromatic rings. The smallest absolute Gasteiger partial charge is 0.292 e. The van der Waals surface area contributed by atoms with Crippen LogP contribution in [0.15, 0.2) is 54.7 Å². The van der Waals surface area contributed by atoms with Crippen molar-refractivity contribution in [2.24, 2.45) is 0 Å². The van der Waals surface area contributed by atoms with Crippen molar-refractivity contribution < 1.29 is 14.0 Å². The van der Waals surface area contributed by atoms with Gasteiger partial charge in [0, 0.05) is 28.7 Å². The zero-order chi connectivity index (χ0) is 22.0. The summed E-state index contributed by atoms with van der Waals surface area (Å²) in [5.74, 6) is -1.27. The quantitative estimate of drug-likeness (QED) is 0.465. The molecule has 2 aromatic carbocycles. The van der Waals surface area contributed by atoms with Crippen LogP contribution in [0.25, 0.3) is 10.9 Å². The lowest BCUT2D eigenvalue weighted by Gasteiger charge is -2.45. The number of aromatic amines is 1. The van der Waals surface area contributed by atoms with Gasteiger partial charge < -0.3 is 15.2 Å². The molecule has 0 bridgehead atoms. The third-order valence-corrected chi connectivity index (χ3v) is 6.72. The number of H-pyrrole nitrogens is 1. The number of rotatable bonds is 6. The molecule has 0 saturated heterocycles. The van der Waals surface area contributed by atoms with Gasteiger partial charge in [0.1, 0.15) is 5.82 Å². The van der Waals surface area contributed by atoms with Gasteiger partial charge in [-0.1, -0.05) is 36.4 Å². The molecular formula is C25H28FN3O2. The maximum Gasteiger partial charge on any atom is 0.292 e. The van der Waals surface area contributed by atoms with Crippen molar-refractivity contribution in [3.63, 3.8) is 0 Å². The Balaban J connectivity index is 1.41. The number of amides is 1. The van der Waals surface area contributed by atoms with E-state index in [1.807, 2.05) is 50.5 Å². The van der Waals surface area contributed by atoms with Gasteiger partial charge in [0.2, 0.25) is 0 Å². The molecule has 0 unspecified atom stereocenters. The van der Waals surface area contributed by atoms with E-state index in [1.165, 1.54) is 6.07 Å². The molecule has 0 aliphatic heterocycles. The third-order valence-electron chi connectivity index (χ3n) is 6.72. The number of fused-ring (bicyclic) bond motifs is 1. The molecule has 5 nitrogen and oxygen atoms in total. The van der Waals surface area contributed by atoms with Gasteiger partial charge in [-0.25, -0.2) is 4.39 Å². The number of likely N-dealkylation sites (N-methyl/N-ethyl adjacent to an activating group) is 1. The fourth-order valence-corrected chi connectivity index (χ4v) is 4.71. The summed E-state index contributed by atoms with van der Waals surface area (Å²) in [5.41, 5.74) is 1.78. The molecule has 1 heterocycles. The predicted molar refractivity (Wildman–Crippen MR) is 120 cm³/mol. The van der Waals surface area contributed by atoms with Crippen LogP contribution in [0.3, 0.4) is 0 Å². The van der Waals surface area contributed by atoms with E-state index in [0.717, 1.165) is 36.6 Å². The first-order valence-electron chi connectivity index (χ1n) is 10.7. The Hall–Kier alpha value is -2.99. The van der Waals surface area contributed by atoms with E-state index in [-0.39, 0.29) is 17.4 Å². The first kappa shape index (κ1) is 21.2. The average molecular weight is 422 g/mol. The number of ketones is 1. The number of hydrogen-bond donors (Lipinski definition) is 2. The summed E-state index contributed by atoms with van der Waals surface area (Å²) >= 11 is 0. The highest BCUT2D eigenvalue weighted by Crippen LogP contribution is 2.36. The highest BCUT2D eigenvalue weighted by atomic mass is 19.1. The second kappa shape index (κ2) is 8.63. The summed E-state index contributed by atoms with van der Waals surface area (Å²) < 4.78 is 14.2.